The van der Waals surface area contributed by atoms with Crippen molar-refractivity contribution >= 4 is 28.4 Å². The number of pyridine rings is 1. The van der Waals surface area contributed by atoms with Gasteiger partial charge in [-0.3, -0.25) is 4.79 Å². The lowest BCUT2D eigenvalue weighted by Crippen LogP contribution is -2.25. The quantitative estimate of drug-likeness (QED) is 0.275. The van der Waals surface area contributed by atoms with Gasteiger partial charge in [-0.05, 0) is 59.2 Å². The van der Waals surface area contributed by atoms with E-state index >= 15 is 0 Å². The molecule has 2 aromatic heterocycles. The Labute approximate surface area is 227 Å². The van der Waals surface area contributed by atoms with Crippen LogP contribution in [-0.2, 0) is 19.3 Å². The molecule has 5 rings (SSSR count). The first-order chi connectivity index (χ1) is 18.5. The van der Waals surface area contributed by atoms with Crippen LogP contribution in [0.4, 0.5) is 13.2 Å². The van der Waals surface area contributed by atoms with Crippen molar-refractivity contribution < 1.29 is 27.1 Å². The number of halogens is 4. The van der Waals surface area contributed by atoms with Crippen LogP contribution < -0.4 is 15.8 Å². The minimum atomic E-state index is -4.63. The summed E-state index contributed by atoms with van der Waals surface area (Å²) in [5.41, 5.74) is 7.05. The molecule has 0 radical (unpaired) electrons. The van der Waals surface area contributed by atoms with E-state index in [4.69, 9.17) is 26.5 Å². The van der Waals surface area contributed by atoms with Crippen LogP contribution in [0.25, 0.3) is 22.4 Å². The van der Waals surface area contributed by atoms with Crippen LogP contribution in [0.1, 0.15) is 52.8 Å². The van der Waals surface area contributed by atoms with E-state index in [-0.39, 0.29) is 41.7 Å². The zero-order valence-electron chi connectivity index (χ0n) is 21.4. The highest BCUT2D eigenvalue weighted by Gasteiger charge is 2.45. The number of carbonyl (C=O) groups excluding carboxylic acids is 1. The molecule has 11 heteroatoms. The standard InChI is InChI=1S/C28H26ClF3N4O3/c1-13-14(2)23(13)15-5-4-6-19(29)18(15)12-34-26(37)25-21(11-33)39-27(36-25)17-7-9-20(38-3)24-16(17)8-10-22(35-24)28(30,31)32/h4-10,13-14,23H,11-12,33H2,1-3H3,(H,34,37). The minimum Gasteiger partial charge on any atom is -0.494 e. The Morgan fingerprint density at radius 1 is 1.13 bits per heavy atom. The second-order valence-corrected chi connectivity index (χ2v) is 10.0. The molecule has 2 unspecified atom stereocenters. The van der Waals surface area contributed by atoms with Crippen LogP contribution in [0.15, 0.2) is 46.9 Å². The van der Waals surface area contributed by atoms with Gasteiger partial charge < -0.3 is 20.2 Å². The second-order valence-electron chi connectivity index (χ2n) is 9.64. The average molecular weight is 559 g/mol. The van der Waals surface area contributed by atoms with Crippen LogP contribution >= 0.6 is 11.6 Å². The maximum atomic E-state index is 13.3. The Morgan fingerprint density at radius 2 is 1.87 bits per heavy atom. The number of aromatic nitrogens is 2. The maximum absolute atomic E-state index is 13.3. The first-order valence-corrected chi connectivity index (χ1v) is 12.7. The van der Waals surface area contributed by atoms with Crippen LogP contribution in [0, 0.1) is 11.8 Å². The summed E-state index contributed by atoms with van der Waals surface area (Å²) in [6.45, 7) is 4.44. The topological polar surface area (TPSA) is 103 Å². The molecule has 39 heavy (non-hydrogen) atoms. The highest BCUT2D eigenvalue weighted by molar-refractivity contribution is 6.31. The summed E-state index contributed by atoms with van der Waals surface area (Å²) in [4.78, 5) is 21.3. The van der Waals surface area contributed by atoms with Gasteiger partial charge in [-0.1, -0.05) is 37.6 Å². The lowest BCUT2D eigenvalue weighted by atomic mass is 10.0. The largest absolute Gasteiger partial charge is 0.494 e. The van der Waals surface area contributed by atoms with Crippen molar-refractivity contribution in [3.05, 3.63) is 75.8 Å². The molecule has 2 aromatic carbocycles. The molecule has 2 heterocycles. The molecule has 204 valence electrons. The van der Waals surface area contributed by atoms with Gasteiger partial charge in [0.05, 0.1) is 13.7 Å². The number of methoxy groups -OCH3 is 1. The zero-order chi connectivity index (χ0) is 28.1. The number of alkyl halides is 3. The van der Waals surface area contributed by atoms with Crippen molar-refractivity contribution in [1.29, 1.82) is 0 Å². The number of benzene rings is 2. The Hall–Kier alpha value is -3.63. The van der Waals surface area contributed by atoms with E-state index in [0.717, 1.165) is 17.2 Å². The maximum Gasteiger partial charge on any atom is 0.433 e. The molecule has 3 N–H and O–H groups in total. The van der Waals surface area contributed by atoms with E-state index in [1.807, 2.05) is 12.1 Å². The van der Waals surface area contributed by atoms with Crippen molar-refractivity contribution in [2.45, 2.75) is 39.0 Å². The molecule has 0 spiro atoms. The first-order valence-electron chi connectivity index (χ1n) is 12.4. The van der Waals surface area contributed by atoms with Crippen LogP contribution in [0.5, 0.6) is 5.75 Å². The highest BCUT2D eigenvalue weighted by Crippen LogP contribution is 2.54. The van der Waals surface area contributed by atoms with Crippen LogP contribution in [0.2, 0.25) is 5.02 Å². The van der Waals surface area contributed by atoms with Gasteiger partial charge in [-0.25, -0.2) is 9.97 Å². The molecular weight excluding hydrogens is 533 g/mol. The van der Waals surface area contributed by atoms with Crippen LogP contribution in [-0.4, -0.2) is 23.0 Å². The normalized spacial score (nSPS) is 18.8. The fourth-order valence-corrected chi connectivity index (χ4v) is 5.29. The van der Waals surface area contributed by atoms with Crippen molar-refractivity contribution in [3.63, 3.8) is 0 Å². The molecule has 2 atom stereocenters. The van der Waals surface area contributed by atoms with Gasteiger partial charge in [0.15, 0.2) is 11.5 Å². The minimum absolute atomic E-state index is 0.0156. The number of oxazole rings is 1. The van der Waals surface area contributed by atoms with Gasteiger partial charge >= 0.3 is 6.18 Å². The smallest absolute Gasteiger partial charge is 0.433 e. The third-order valence-corrected chi connectivity index (χ3v) is 7.77. The second kappa shape index (κ2) is 10.2. The molecule has 1 amide bonds. The van der Waals surface area contributed by atoms with Gasteiger partial charge in [0, 0.05) is 22.5 Å². The monoisotopic (exact) mass is 558 g/mol. The first kappa shape index (κ1) is 27.0. The summed E-state index contributed by atoms with van der Waals surface area (Å²) < 4.78 is 50.9. The van der Waals surface area contributed by atoms with E-state index in [2.05, 4.69) is 29.1 Å². The molecule has 0 saturated heterocycles. The number of nitrogens with two attached hydrogens (primary N) is 1. The molecule has 0 bridgehead atoms. The van der Waals surface area contributed by atoms with E-state index < -0.39 is 17.8 Å². The van der Waals surface area contributed by atoms with Gasteiger partial charge in [-0.15, -0.1) is 0 Å². The number of carbonyl (C=O) groups is 1. The van der Waals surface area contributed by atoms with Crippen molar-refractivity contribution in [2.24, 2.45) is 17.6 Å². The summed E-state index contributed by atoms with van der Waals surface area (Å²) in [5.74, 6) is 1.23. The summed E-state index contributed by atoms with van der Waals surface area (Å²) in [6.07, 6.45) is -4.63. The zero-order valence-corrected chi connectivity index (χ0v) is 22.2. The van der Waals surface area contributed by atoms with E-state index in [9.17, 15) is 18.0 Å². The SMILES string of the molecule is COc1ccc(-c2nc(C(=O)NCc3c(Cl)cccc3C3C(C)C3C)c(CN)o2)c2ccc(C(F)(F)F)nc12. The van der Waals surface area contributed by atoms with E-state index in [1.54, 1.807) is 12.1 Å². The lowest BCUT2D eigenvalue weighted by Gasteiger charge is -2.12. The number of hydrogen-bond acceptors (Lipinski definition) is 6. The van der Waals surface area contributed by atoms with Gasteiger partial charge in [-0.2, -0.15) is 13.2 Å². The molecule has 1 aliphatic rings. The third kappa shape index (κ3) is 4.94. The fourth-order valence-electron chi connectivity index (χ4n) is 5.04. The van der Waals surface area contributed by atoms with Gasteiger partial charge in [0.25, 0.3) is 5.91 Å². The van der Waals surface area contributed by atoms with Crippen molar-refractivity contribution in [1.82, 2.24) is 15.3 Å². The van der Waals surface area contributed by atoms with E-state index in [0.29, 0.717) is 33.7 Å². The summed E-state index contributed by atoms with van der Waals surface area (Å²) >= 11 is 6.50. The van der Waals surface area contributed by atoms with Gasteiger partial charge in [0.2, 0.25) is 5.89 Å². The van der Waals surface area contributed by atoms with Gasteiger partial charge in [0.1, 0.15) is 17.0 Å². The summed E-state index contributed by atoms with van der Waals surface area (Å²) in [6, 6.07) is 10.9. The number of ether oxygens (including phenoxy) is 1. The fraction of sp³-hybridized carbons (Fsp3) is 0.321. The van der Waals surface area contributed by atoms with Crippen LogP contribution in [0.3, 0.4) is 0 Å². The lowest BCUT2D eigenvalue weighted by molar-refractivity contribution is -0.140. The predicted molar refractivity (Wildman–Crippen MR) is 140 cm³/mol. The number of fused-ring (bicyclic) bond motifs is 1. The summed E-state index contributed by atoms with van der Waals surface area (Å²) in [7, 11) is 1.34. The molecule has 1 fully saturated rings. The van der Waals surface area contributed by atoms with E-state index in [1.165, 1.54) is 19.2 Å². The molecule has 4 aromatic rings. The molecule has 0 aliphatic heterocycles. The molecule has 1 aliphatic carbocycles. The number of rotatable bonds is 7. The van der Waals surface area contributed by atoms with Crippen molar-refractivity contribution in [2.75, 3.05) is 7.11 Å². The molecular formula is C28H26ClF3N4O3. The Morgan fingerprint density at radius 3 is 2.51 bits per heavy atom. The Kier molecular flexibility index (Phi) is 7.02. The molecule has 1 saturated carbocycles. The average Bonchev–Trinajstić information content (AvgIpc) is 3.30. The predicted octanol–water partition coefficient (Wildman–Crippen LogP) is 6.33. The number of nitrogens with one attached hydrogen (secondary N) is 1. The number of amides is 1. The highest BCUT2D eigenvalue weighted by atomic mass is 35.5. The third-order valence-electron chi connectivity index (χ3n) is 7.42. The summed E-state index contributed by atoms with van der Waals surface area (Å²) in [5, 5.41) is 3.75. The Bertz CT molecular complexity index is 1560. The number of nitrogens with zero attached hydrogens (tertiary/aromatic N) is 2. The molecule has 7 nitrogen and oxygen atoms in total. The Balaban J connectivity index is 1.47. The van der Waals surface area contributed by atoms with Crippen molar-refractivity contribution in [3.8, 4) is 17.2 Å². The number of hydrogen-bond donors (Lipinski definition) is 2.